The van der Waals surface area contributed by atoms with Crippen molar-refractivity contribution in [3.05, 3.63) is 18.2 Å². The third kappa shape index (κ3) is 2.31. The molecule has 0 bridgehead atoms. The quantitative estimate of drug-likeness (QED) is 0.835. The van der Waals surface area contributed by atoms with E-state index in [4.69, 9.17) is 5.73 Å². The molecule has 1 aromatic heterocycles. The van der Waals surface area contributed by atoms with Gasteiger partial charge in [-0.05, 0) is 26.9 Å². The van der Waals surface area contributed by atoms with Gasteiger partial charge in [-0.1, -0.05) is 25.7 Å². The number of hydrogen-bond acceptors (Lipinski definition) is 3. The number of nitrogens with zero attached hydrogens (tertiary/aromatic N) is 3. The maximum atomic E-state index is 6.60. The van der Waals surface area contributed by atoms with Crippen molar-refractivity contribution in [1.29, 1.82) is 0 Å². The van der Waals surface area contributed by atoms with Crippen LogP contribution >= 0.6 is 0 Å². The molecule has 18 heavy (non-hydrogen) atoms. The highest BCUT2D eigenvalue weighted by Crippen LogP contribution is 2.39. The molecule has 0 saturated heterocycles. The highest BCUT2D eigenvalue weighted by Gasteiger charge is 2.41. The van der Waals surface area contributed by atoms with Gasteiger partial charge in [-0.25, -0.2) is 4.98 Å². The molecule has 2 rings (SSSR count). The van der Waals surface area contributed by atoms with Gasteiger partial charge in [-0.2, -0.15) is 0 Å². The van der Waals surface area contributed by atoms with E-state index in [0.29, 0.717) is 0 Å². The van der Waals surface area contributed by atoms with E-state index in [9.17, 15) is 0 Å². The van der Waals surface area contributed by atoms with Gasteiger partial charge in [-0.15, -0.1) is 0 Å². The van der Waals surface area contributed by atoms with E-state index in [-0.39, 0.29) is 11.6 Å². The van der Waals surface area contributed by atoms with E-state index in [2.05, 4.69) is 28.5 Å². The molecule has 0 aromatic carbocycles. The first kappa shape index (κ1) is 13.6. The third-order valence-corrected chi connectivity index (χ3v) is 4.58. The summed E-state index contributed by atoms with van der Waals surface area (Å²) in [7, 11) is 6.35. The van der Waals surface area contributed by atoms with Gasteiger partial charge in [0.25, 0.3) is 0 Å². The van der Waals surface area contributed by atoms with E-state index in [1.807, 2.05) is 19.4 Å². The summed E-state index contributed by atoms with van der Waals surface area (Å²) in [6, 6.07) is -0.00870. The molecule has 0 radical (unpaired) electrons. The van der Waals surface area contributed by atoms with Crippen LogP contribution in [0.4, 0.5) is 0 Å². The first-order chi connectivity index (χ1) is 8.58. The first-order valence-electron chi connectivity index (χ1n) is 6.98. The van der Waals surface area contributed by atoms with Gasteiger partial charge >= 0.3 is 0 Å². The van der Waals surface area contributed by atoms with Crippen LogP contribution in [-0.4, -0.2) is 34.1 Å². The second kappa shape index (κ2) is 5.41. The molecule has 1 heterocycles. The second-order valence-electron chi connectivity index (χ2n) is 5.79. The summed E-state index contributed by atoms with van der Waals surface area (Å²) < 4.78 is 2.06. The van der Waals surface area contributed by atoms with Gasteiger partial charge in [0.2, 0.25) is 0 Å². The Hall–Kier alpha value is -0.870. The number of likely N-dealkylation sites (N-methyl/N-ethyl adjacent to an activating group) is 1. The van der Waals surface area contributed by atoms with Gasteiger partial charge in [-0.3, -0.25) is 0 Å². The van der Waals surface area contributed by atoms with E-state index in [1.54, 1.807) is 0 Å². The SMILES string of the molecule is CN(C)C1(C(N)c2nccn2C)CCCCCC1. The number of nitrogens with two attached hydrogens (primary N) is 1. The summed E-state index contributed by atoms with van der Waals surface area (Å²) in [4.78, 5) is 6.79. The van der Waals surface area contributed by atoms with Crippen molar-refractivity contribution in [3.8, 4) is 0 Å². The largest absolute Gasteiger partial charge is 0.337 e. The fraction of sp³-hybridized carbons (Fsp3) is 0.786. The zero-order chi connectivity index (χ0) is 13.2. The lowest BCUT2D eigenvalue weighted by molar-refractivity contribution is 0.0923. The average molecular weight is 250 g/mol. The van der Waals surface area contributed by atoms with Crippen molar-refractivity contribution < 1.29 is 0 Å². The van der Waals surface area contributed by atoms with Crippen LogP contribution in [0, 0.1) is 0 Å². The highest BCUT2D eigenvalue weighted by molar-refractivity contribution is 5.09. The second-order valence-corrected chi connectivity index (χ2v) is 5.79. The maximum absolute atomic E-state index is 6.60. The zero-order valence-electron chi connectivity index (χ0n) is 11.9. The summed E-state index contributed by atoms with van der Waals surface area (Å²) in [6.45, 7) is 0. The molecule has 4 nitrogen and oxygen atoms in total. The Kier molecular flexibility index (Phi) is 4.07. The Balaban J connectivity index is 2.31. The van der Waals surface area contributed by atoms with Crippen molar-refractivity contribution in [2.45, 2.75) is 50.1 Å². The van der Waals surface area contributed by atoms with Gasteiger partial charge in [0, 0.05) is 25.0 Å². The average Bonchev–Trinajstić information content (AvgIpc) is 2.63. The number of imidazole rings is 1. The standard InChI is InChI=1S/C14H26N4/c1-17(2)14(8-6-4-5-7-9-14)12(15)13-16-10-11-18(13)3/h10-12H,4-9,15H2,1-3H3. The van der Waals surface area contributed by atoms with Crippen molar-refractivity contribution in [1.82, 2.24) is 14.5 Å². The lowest BCUT2D eigenvalue weighted by atomic mass is 9.81. The molecular weight excluding hydrogens is 224 g/mol. The summed E-state index contributed by atoms with van der Waals surface area (Å²) >= 11 is 0. The minimum atomic E-state index is -0.00870. The molecule has 0 spiro atoms. The van der Waals surface area contributed by atoms with E-state index in [0.717, 1.165) is 5.82 Å². The Morgan fingerprint density at radius 3 is 2.33 bits per heavy atom. The fourth-order valence-electron chi connectivity index (χ4n) is 3.29. The molecule has 0 aliphatic heterocycles. The van der Waals surface area contributed by atoms with E-state index >= 15 is 0 Å². The van der Waals surface area contributed by atoms with Crippen LogP contribution < -0.4 is 5.73 Å². The predicted octanol–water partition coefficient (Wildman–Crippen LogP) is 2.07. The van der Waals surface area contributed by atoms with E-state index in [1.165, 1.54) is 38.5 Å². The summed E-state index contributed by atoms with van der Waals surface area (Å²) in [5.41, 5.74) is 6.66. The van der Waals surface area contributed by atoms with Crippen LogP contribution in [-0.2, 0) is 7.05 Å². The Morgan fingerprint density at radius 1 is 1.28 bits per heavy atom. The fourth-order valence-corrected chi connectivity index (χ4v) is 3.29. The predicted molar refractivity (Wildman–Crippen MR) is 74.3 cm³/mol. The molecule has 2 N–H and O–H groups in total. The number of rotatable bonds is 3. The van der Waals surface area contributed by atoms with Crippen LogP contribution in [0.5, 0.6) is 0 Å². The molecule has 4 heteroatoms. The number of aryl methyl sites for hydroxylation is 1. The van der Waals surface area contributed by atoms with Crippen molar-refractivity contribution in [2.24, 2.45) is 12.8 Å². The lowest BCUT2D eigenvalue weighted by Gasteiger charge is -2.43. The summed E-state index contributed by atoms with van der Waals surface area (Å²) in [5, 5.41) is 0. The molecule has 1 aliphatic rings. The van der Waals surface area contributed by atoms with Crippen molar-refractivity contribution >= 4 is 0 Å². The normalized spacial score (nSPS) is 21.8. The molecular formula is C14H26N4. The Labute approximate surface area is 110 Å². The summed E-state index contributed by atoms with van der Waals surface area (Å²) in [6.07, 6.45) is 11.4. The number of hydrogen-bond donors (Lipinski definition) is 1. The smallest absolute Gasteiger partial charge is 0.127 e. The monoisotopic (exact) mass is 250 g/mol. The van der Waals surface area contributed by atoms with Gasteiger partial charge < -0.3 is 15.2 Å². The van der Waals surface area contributed by atoms with Crippen molar-refractivity contribution in [2.75, 3.05) is 14.1 Å². The minimum absolute atomic E-state index is 0.00870. The summed E-state index contributed by atoms with van der Waals surface area (Å²) in [5.74, 6) is 1.01. The Bertz CT molecular complexity index is 375. The first-order valence-corrected chi connectivity index (χ1v) is 6.98. The minimum Gasteiger partial charge on any atom is -0.337 e. The van der Waals surface area contributed by atoms with E-state index < -0.39 is 0 Å². The van der Waals surface area contributed by atoms with Gasteiger partial charge in [0.15, 0.2) is 0 Å². The van der Waals surface area contributed by atoms with Gasteiger partial charge in [0.1, 0.15) is 5.82 Å². The third-order valence-electron chi connectivity index (χ3n) is 4.58. The maximum Gasteiger partial charge on any atom is 0.127 e. The molecule has 102 valence electrons. The molecule has 1 unspecified atom stereocenters. The van der Waals surface area contributed by atoms with Gasteiger partial charge in [0.05, 0.1) is 6.04 Å². The van der Waals surface area contributed by atoms with Crippen LogP contribution in [0.2, 0.25) is 0 Å². The zero-order valence-corrected chi connectivity index (χ0v) is 11.9. The van der Waals surface area contributed by atoms with Crippen LogP contribution in [0.3, 0.4) is 0 Å². The highest BCUT2D eigenvalue weighted by atomic mass is 15.2. The lowest BCUT2D eigenvalue weighted by Crippen LogP contribution is -2.52. The number of aromatic nitrogens is 2. The van der Waals surface area contributed by atoms with Crippen LogP contribution in [0.25, 0.3) is 0 Å². The molecule has 1 aromatic rings. The molecule has 0 amide bonds. The van der Waals surface area contributed by atoms with Crippen molar-refractivity contribution in [3.63, 3.8) is 0 Å². The molecule has 1 atom stereocenters. The molecule has 1 aliphatic carbocycles. The molecule has 1 fully saturated rings. The molecule has 1 saturated carbocycles. The Morgan fingerprint density at radius 2 is 1.89 bits per heavy atom. The van der Waals surface area contributed by atoms with Crippen LogP contribution in [0.15, 0.2) is 12.4 Å². The van der Waals surface area contributed by atoms with Crippen LogP contribution in [0.1, 0.15) is 50.4 Å². The topological polar surface area (TPSA) is 47.1 Å².